The van der Waals surface area contributed by atoms with Crippen molar-refractivity contribution >= 4 is 33.0 Å². The van der Waals surface area contributed by atoms with Gasteiger partial charge in [0.1, 0.15) is 23.5 Å². The number of hydrogen-bond acceptors (Lipinski definition) is 6. The van der Waals surface area contributed by atoms with Crippen LogP contribution in [0.1, 0.15) is 31.5 Å². The standard InChI is InChI=1S/C20H25N5O3S/c1-28-12-17-22-24(19(27)16-9-13-6-8-29-20(13)25(16)17)11-18(26)21-14-3-2-7-23(10-14)15-4-5-15/h6,8-9,14-15H,2-5,7,10-12H2,1H3,(H,21,26)/t14-/m1/s1. The van der Waals surface area contributed by atoms with E-state index in [1.165, 1.54) is 17.5 Å². The first kappa shape index (κ1) is 18.8. The molecule has 2 fully saturated rings. The van der Waals surface area contributed by atoms with E-state index in [-0.39, 0.29) is 30.7 Å². The first-order chi connectivity index (χ1) is 14.1. The normalized spacial score (nSPS) is 20.5. The van der Waals surface area contributed by atoms with Crippen molar-refractivity contribution in [2.45, 2.75) is 50.9 Å². The van der Waals surface area contributed by atoms with Crippen molar-refractivity contribution in [3.05, 3.63) is 33.7 Å². The number of carbonyl (C=O) groups excluding carboxylic acids is 1. The molecule has 1 saturated heterocycles. The summed E-state index contributed by atoms with van der Waals surface area (Å²) in [6.45, 7) is 2.21. The van der Waals surface area contributed by atoms with Crippen molar-refractivity contribution in [1.82, 2.24) is 24.4 Å². The maximum Gasteiger partial charge on any atom is 0.291 e. The second kappa shape index (κ2) is 7.55. The van der Waals surface area contributed by atoms with Gasteiger partial charge in [-0.3, -0.25) is 18.9 Å². The smallest absolute Gasteiger partial charge is 0.291 e. The highest BCUT2D eigenvalue weighted by Gasteiger charge is 2.33. The van der Waals surface area contributed by atoms with Crippen LogP contribution in [-0.4, -0.2) is 57.3 Å². The number of nitrogens with zero attached hydrogens (tertiary/aromatic N) is 4. The summed E-state index contributed by atoms with van der Waals surface area (Å²) in [5.41, 5.74) is 0.269. The van der Waals surface area contributed by atoms with E-state index in [0.29, 0.717) is 17.4 Å². The number of piperidine rings is 1. The van der Waals surface area contributed by atoms with Crippen LogP contribution in [0.15, 0.2) is 22.3 Å². The summed E-state index contributed by atoms with van der Waals surface area (Å²) in [6, 6.07) is 4.70. The molecule has 4 heterocycles. The zero-order valence-corrected chi connectivity index (χ0v) is 17.3. The molecular weight excluding hydrogens is 390 g/mol. The maximum absolute atomic E-state index is 13.0. The lowest BCUT2D eigenvalue weighted by Gasteiger charge is -2.33. The number of methoxy groups -OCH3 is 1. The minimum Gasteiger partial charge on any atom is -0.377 e. The summed E-state index contributed by atoms with van der Waals surface area (Å²) >= 11 is 1.56. The minimum atomic E-state index is -0.258. The summed E-state index contributed by atoms with van der Waals surface area (Å²) in [5.74, 6) is 0.452. The SMILES string of the molecule is COCc1nn(CC(=O)N[C@@H]2CCCN(C3CC3)C2)c(=O)c2cc3ccsc3n12. The number of ether oxygens (including phenoxy) is 1. The van der Waals surface area contributed by atoms with E-state index in [4.69, 9.17) is 4.74 Å². The van der Waals surface area contributed by atoms with Gasteiger partial charge in [-0.2, -0.15) is 5.10 Å². The Morgan fingerprint density at radius 2 is 2.24 bits per heavy atom. The summed E-state index contributed by atoms with van der Waals surface area (Å²) in [6.07, 6.45) is 4.64. The third kappa shape index (κ3) is 3.58. The number of fused-ring (bicyclic) bond motifs is 3. The van der Waals surface area contributed by atoms with E-state index in [0.717, 1.165) is 36.1 Å². The first-order valence-electron chi connectivity index (χ1n) is 10.1. The molecule has 9 heteroatoms. The molecule has 1 saturated carbocycles. The van der Waals surface area contributed by atoms with Crippen LogP contribution in [0.5, 0.6) is 0 Å². The lowest BCUT2D eigenvalue weighted by molar-refractivity contribution is -0.123. The van der Waals surface area contributed by atoms with Crippen LogP contribution >= 0.6 is 11.3 Å². The fourth-order valence-corrected chi connectivity index (χ4v) is 5.25. The number of carbonyl (C=O) groups is 1. The molecule has 154 valence electrons. The lowest BCUT2D eigenvalue weighted by Crippen LogP contribution is -2.49. The number of thiophene rings is 1. The van der Waals surface area contributed by atoms with Crippen LogP contribution in [0.25, 0.3) is 15.7 Å². The van der Waals surface area contributed by atoms with Crippen molar-refractivity contribution in [1.29, 1.82) is 0 Å². The van der Waals surface area contributed by atoms with Crippen molar-refractivity contribution in [2.24, 2.45) is 0 Å². The van der Waals surface area contributed by atoms with Crippen LogP contribution in [0.2, 0.25) is 0 Å². The Labute approximate surface area is 172 Å². The van der Waals surface area contributed by atoms with Gasteiger partial charge in [0.05, 0.1) is 0 Å². The highest BCUT2D eigenvalue weighted by Crippen LogP contribution is 2.29. The molecule has 29 heavy (non-hydrogen) atoms. The van der Waals surface area contributed by atoms with Gasteiger partial charge in [-0.05, 0) is 49.7 Å². The second-order valence-corrected chi connectivity index (χ2v) is 8.89. The Bertz CT molecular complexity index is 1110. The second-order valence-electron chi connectivity index (χ2n) is 7.99. The largest absolute Gasteiger partial charge is 0.377 e. The Kier molecular flexibility index (Phi) is 4.89. The molecule has 1 amide bonds. The molecule has 0 spiro atoms. The molecule has 0 aromatic carbocycles. The van der Waals surface area contributed by atoms with Crippen LogP contribution in [-0.2, 0) is 22.7 Å². The highest BCUT2D eigenvalue weighted by molar-refractivity contribution is 7.16. The van der Waals surface area contributed by atoms with Gasteiger partial charge in [0, 0.05) is 31.1 Å². The van der Waals surface area contributed by atoms with Crippen LogP contribution in [0, 0.1) is 0 Å². The van der Waals surface area contributed by atoms with E-state index in [1.807, 2.05) is 21.9 Å². The van der Waals surface area contributed by atoms with Gasteiger partial charge >= 0.3 is 0 Å². The van der Waals surface area contributed by atoms with Gasteiger partial charge in [0.2, 0.25) is 5.91 Å². The molecule has 0 radical (unpaired) electrons. The Hall–Kier alpha value is -2.23. The van der Waals surface area contributed by atoms with Gasteiger partial charge < -0.3 is 10.1 Å². The predicted octanol–water partition coefficient (Wildman–Crippen LogP) is 1.60. The Balaban J connectivity index is 1.38. The molecule has 1 N–H and O–H groups in total. The molecule has 1 aliphatic heterocycles. The molecule has 0 unspecified atom stereocenters. The third-order valence-electron chi connectivity index (χ3n) is 5.81. The zero-order chi connectivity index (χ0) is 20.0. The van der Waals surface area contributed by atoms with E-state index < -0.39 is 0 Å². The molecule has 0 bridgehead atoms. The Morgan fingerprint density at radius 3 is 3.03 bits per heavy atom. The molecule has 8 nitrogen and oxygen atoms in total. The number of amides is 1. The van der Waals surface area contributed by atoms with Gasteiger partial charge in [0.25, 0.3) is 5.56 Å². The number of hydrogen-bond donors (Lipinski definition) is 1. The van der Waals surface area contributed by atoms with Crippen molar-refractivity contribution < 1.29 is 9.53 Å². The zero-order valence-electron chi connectivity index (χ0n) is 16.5. The van der Waals surface area contributed by atoms with Crippen LogP contribution in [0.3, 0.4) is 0 Å². The number of likely N-dealkylation sites (tertiary alicyclic amines) is 1. The van der Waals surface area contributed by atoms with E-state index >= 15 is 0 Å². The van der Waals surface area contributed by atoms with Gasteiger partial charge in [-0.15, -0.1) is 11.3 Å². The minimum absolute atomic E-state index is 0.0786. The van der Waals surface area contributed by atoms with Crippen LogP contribution < -0.4 is 10.9 Å². The monoisotopic (exact) mass is 415 g/mol. The molecule has 5 rings (SSSR count). The average molecular weight is 416 g/mol. The van der Waals surface area contributed by atoms with Crippen molar-refractivity contribution in [2.75, 3.05) is 20.2 Å². The first-order valence-corrected chi connectivity index (χ1v) is 11.0. The molecule has 1 aliphatic carbocycles. The predicted molar refractivity (Wildman–Crippen MR) is 111 cm³/mol. The van der Waals surface area contributed by atoms with E-state index in [9.17, 15) is 9.59 Å². The maximum atomic E-state index is 13.0. The average Bonchev–Trinajstić information content (AvgIpc) is 3.34. The summed E-state index contributed by atoms with van der Waals surface area (Å²) in [7, 11) is 1.60. The molecule has 3 aromatic heterocycles. The number of nitrogens with one attached hydrogen (secondary N) is 1. The lowest BCUT2D eigenvalue weighted by atomic mass is 10.1. The fourth-order valence-electron chi connectivity index (χ4n) is 4.33. The highest BCUT2D eigenvalue weighted by atomic mass is 32.1. The molecule has 2 aliphatic rings. The fraction of sp³-hybridized carbons (Fsp3) is 0.550. The topological polar surface area (TPSA) is 80.9 Å². The third-order valence-corrected chi connectivity index (χ3v) is 6.72. The van der Waals surface area contributed by atoms with Gasteiger partial charge in [-0.1, -0.05) is 0 Å². The number of aromatic nitrogens is 3. The van der Waals surface area contributed by atoms with Crippen molar-refractivity contribution in [3.63, 3.8) is 0 Å². The van der Waals surface area contributed by atoms with E-state index in [2.05, 4.69) is 15.3 Å². The van der Waals surface area contributed by atoms with Crippen molar-refractivity contribution in [3.8, 4) is 0 Å². The Morgan fingerprint density at radius 1 is 1.38 bits per heavy atom. The van der Waals surface area contributed by atoms with Crippen LogP contribution in [0.4, 0.5) is 0 Å². The quantitative estimate of drug-likeness (QED) is 0.661. The molecular formula is C20H25N5O3S. The summed E-state index contributed by atoms with van der Waals surface area (Å²) < 4.78 is 8.40. The molecule has 1 atom stereocenters. The number of rotatable bonds is 6. The molecule has 3 aromatic rings. The van der Waals surface area contributed by atoms with Gasteiger partial charge in [-0.25, -0.2) is 4.68 Å². The summed E-state index contributed by atoms with van der Waals surface area (Å²) in [5, 5.41) is 10.6. The van der Waals surface area contributed by atoms with E-state index in [1.54, 1.807) is 18.4 Å². The van der Waals surface area contributed by atoms with Gasteiger partial charge in [0.15, 0.2) is 5.82 Å². The summed E-state index contributed by atoms with van der Waals surface area (Å²) in [4.78, 5) is 29.1.